The molecule has 0 unspecified atom stereocenters. The Hall–Kier alpha value is -1.06. The fraction of sp³-hybridized carbons (Fsp3) is 0.286. The van der Waals surface area contributed by atoms with Crippen LogP contribution in [-0.4, -0.2) is 26.1 Å². The number of nitrogens with two attached hydrogens (primary N) is 1. The lowest BCUT2D eigenvalue weighted by Gasteiger charge is -2.09. The number of nitrogens with one attached hydrogen (secondary N) is 1. The monoisotopic (exact) mass is 289 g/mol. The Kier molecular flexibility index (Phi) is 3.84. The van der Waals surface area contributed by atoms with Crippen molar-refractivity contribution >= 4 is 27.4 Å². The van der Waals surface area contributed by atoms with Crippen LogP contribution < -0.4 is 10.5 Å². The van der Waals surface area contributed by atoms with Gasteiger partial charge in [-0.1, -0.05) is 11.6 Å². The molecule has 0 amide bonds. The number of halogens is 4. The average Bonchev–Trinajstić information content (AvgIpc) is 2.18. The van der Waals surface area contributed by atoms with E-state index in [4.69, 9.17) is 17.3 Å². The van der Waals surface area contributed by atoms with Crippen molar-refractivity contribution in [1.82, 2.24) is 9.71 Å². The van der Waals surface area contributed by atoms with Gasteiger partial charge in [-0.25, -0.2) is 18.1 Å². The first-order valence-electron chi connectivity index (χ1n) is 4.09. The van der Waals surface area contributed by atoms with Crippen LogP contribution in [0.1, 0.15) is 0 Å². The van der Waals surface area contributed by atoms with Crippen LogP contribution in [0.4, 0.5) is 19.0 Å². The van der Waals surface area contributed by atoms with Crippen LogP contribution in [0.2, 0.25) is 5.02 Å². The minimum absolute atomic E-state index is 0.110. The van der Waals surface area contributed by atoms with Crippen LogP contribution in [0.15, 0.2) is 17.2 Å². The van der Waals surface area contributed by atoms with Gasteiger partial charge in [-0.3, -0.25) is 0 Å². The van der Waals surface area contributed by atoms with Crippen molar-refractivity contribution in [2.45, 2.75) is 11.1 Å². The van der Waals surface area contributed by atoms with Crippen LogP contribution in [0.25, 0.3) is 0 Å². The Morgan fingerprint density at radius 1 is 1.47 bits per heavy atom. The van der Waals surface area contributed by atoms with Crippen LogP contribution in [-0.2, 0) is 10.0 Å². The van der Waals surface area contributed by atoms with Gasteiger partial charge >= 0.3 is 6.18 Å². The topological polar surface area (TPSA) is 85.1 Å². The van der Waals surface area contributed by atoms with Crippen molar-refractivity contribution in [2.75, 3.05) is 12.3 Å². The molecule has 0 saturated heterocycles. The van der Waals surface area contributed by atoms with Gasteiger partial charge in [0.25, 0.3) is 0 Å². The van der Waals surface area contributed by atoms with Gasteiger partial charge < -0.3 is 5.73 Å². The molecule has 0 radical (unpaired) electrons. The third-order valence-electron chi connectivity index (χ3n) is 1.62. The van der Waals surface area contributed by atoms with Gasteiger partial charge in [0.05, 0.1) is 5.02 Å². The average molecular weight is 290 g/mol. The van der Waals surface area contributed by atoms with Gasteiger partial charge in [0.2, 0.25) is 10.0 Å². The van der Waals surface area contributed by atoms with Gasteiger partial charge in [0, 0.05) is 6.20 Å². The molecule has 0 aliphatic rings. The maximum atomic E-state index is 11.9. The van der Waals surface area contributed by atoms with Gasteiger partial charge in [-0.15, -0.1) is 0 Å². The van der Waals surface area contributed by atoms with Crippen LogP contribution in [0, 0.1) is 0 Å². The van der Waals surface area contributed by atoms with Crippen LogP contribution in [0.5, 0.6) is 0 Å². The molecule has 0 fully saturated rings. The molecule has 1 aromatic rings. The Bertz CT molecular complexity index is 518. The number of nitrogens with zero attached hydrogens (tertiary/aromatic N) is 1. The lowest BCUT2D eigenvalue weighted by molar-refractivity contribution is -0.121. The zero-order chi connectivity index (χ0) is 13.3. The van der Waals surface area contributed by atoms with Gasteiger partial charge in [-0.05, 0) is 6.07 Å². The fourth-order valence-corrected chi connectivity index (χ4v) is 2.05. The molecule has 0 saturated carbocycles. The first kappa shape index (κ1) is 14.0. The number of aromatic nitrogens is 1. The number of pyridine rings is 1. The third kappa shape index (κ3) is 4.02. The Labute approximate surface area is 99.8 Å². The predicted molar refractivity (Wildman–Crippen MR) is 54.9 cm³/mol. The van der Waals surface area contributed by atoms with E-state index < -0.39 is 27.6 Å². The smallest absolute Gasteiger partial charge is 0.382 e. The van der Waals surface area contributed by atoms with Crippen molar-refractivity contribution < 1.29 is 21.6 Å². The zero-order valence-electron chi connectivity index (χ0n) is 8.12. The molecule has 0 aromatic carbocycles. The van der Waals surface area contributed by atoms with E-state index in [9.17, 15) is 21.6 Å². The van der Waals surface area contributed by atoms with Crippen LogP contribution >= 0.6 is 11.6 Å². The van der Waals surface area contributed by atoms with E-state index in [0.29, 0.717) is 0 Å². The van der Waals surface area contributed by atoms with Crippen LogP contribution in [0.3, 0.4) is 0 Å². The quantitative estimate of drug-likeness (QED) is 0.874. The number of rotatable bonds is 3. The molecule has 1 aromatic heterocycles. The molecule has 96 valence electrons. The second-order valence-electron chi connectivity index (χ2n) is 2.98. The molecule has 1 heterocycles. The third-order valence-corrected chi connectivity index (χ3v) is 3.29. The SMILES string of the molecule is Nc1ncc(S(=O)(=O)NCC(F)(F)F)cc1Cl. The second kappa shape index (κ2) is 4.67. The molecule has 0 spiro atoms. The summed E-state index contributed by atoms with van der Waals surface area (Å²) in [6.07, 6.45) is -3.82. The Balaban J connectivity index is 2.94. The van der Waals surface area contributed by atoms with Gasteiger partial charge in [0.1, 0.15) is 17.3 Å². The van der Waals surface area contributed by atoms with E-state index in [1.807, 2.05) is 0 Å². The van der Waals surface area contributed by atoms with Gasteiger partial charge in [-0.2, -0.15) is 13.2 Å². The first-order chi connectivity index (χ1) is 7.62. The summed E-state index contributed by atoms with van der Waals surface area (Å²) in [5.41, 5.74) is 5.24. The maximum absolute atomic E-state index is 11.9. The molecular weight excluding hydrogens is 283 g/mol. The molecule has 17 heavy (non-hydrogen) atoms. The van der Waals surface area contributed by atoms with Crippen molar-refractivity contribution in [3.05, 3.63) is 17.3 Å². The molecule has 10 heteroatoms. The first-order valence-corrected chi connectivity index (χ1v) is 5.95. The summed E-state index contributed by atoms with van der Waals surface area (Å²) in [7, 11) is -4.31. The number of anilines is 1. The summed E-state index contributed by atoms with van der Waals surface area (Å²) in [6.45, 7) is -1.67. The molecule has 0 atom stereocenters. The molecule has 5 nitrogen and oxygen atoms in total. The minimum atomic E-state index is -4.64. The van der Waals surface area contributed by atoms with E-state index in [1.165, 1.54) is 4.72 Å². The number of hydrogen-bond acceptors (Lipinski definition) is 4. The standard InChI is InChI=1S/C7H7ClF3N3O2S/c8-5-1-4(2-13-6(5)12)17(15,16)14-3-7(9,10)11/h1-2,14H,3H2,(H2,12,13). The van der Waals surface area contributed by atoms with Gasteiger partial charge in [0.15, 0.2) is 0 Å². The number of hydrogen-bond donors (Lipinski definition) is 2. The molecule has 1 rings (SSSR count). The predicted octanol–water partition coefficient (Wildman–Crippen LogP) is 1.16. The molecule has 0 aliphatic carbocycles. The minimum Gasteiger partial charge on any atom is -0.382 e. The van der Waals surface area contributed by atoms with Crippen molar-refractivity contribution in [1.29, 1.82) is 0 Å². The number of nitrogen functional groups attached to an aromatic ring is 1. The summed E-state index contributed by atoms with van der Waals surface area (Å²) in [4.78, 5) is 2.95. The summed E-state index contributed by atoms with van der Waals surface area (Å²) < 4.78 is 59.7. The summed E-state index contributed by atoms with van der Waals surface area (Å²) in [5, 5.41) is -0.153. The highest BCUT2D eigenvalue weighted by Gasteiger charge is 2.30. The van der Waals surface area contributed by atoms with E-state index in [-0.39, 0.29) is 10.8 Å². The Morgan fingerprint density at radius 2 is 2.06 bits per heavy atom. The zero-order valence-corrected chi connectivity index (χ0v) is 9.70. The highest BCUT2D eigenvalue weighted by Crippen LogP contribution is 2.20. The molecule has 0 aliphatic heterocycles. The second-order valence-corrected chi connectivity index (χ2v) is 5.15. The van der Waals surface area contributed by atoms with E-state index in [0.717, 1.165) is 12.3 Å². The molecule has 0 bridgehead atoms. The summed E-state index contributed by atoms with van der Waals surface area (Å²) in [5.74, 6) is -0.110. The lowest BCUT2D eigenvalue weighted by Crippen LogP contribution is -2.33. The fourth-order valence-electron chi connectivity index (χ4n) is 0.838. The molecule has 3 N–H and O–H groups in total. The highest BCUT2D eigenvalue weighted by atomic mass is 35.5. The summed E-state index contributed by atoms with van der Waals surface area (Å²) >= 11 is 5.51. The molecular formula is C7H7ClF3N3O2S. The maximum Gasteiger partial charge on any atom is 0.402 e. The number of alkyl halides is 3. The largest absolute Gasteiger partial charge is 0.402 e. The summed E-state index contributed by atoms with van der Waals surface area (Å²) in [6, 6.07) is 0.919. The lowest BCUT2D eigenvalue weighted by atomic mass is 10.5. The Morgan fingerprint density at radius 3 is 2.53 bits per heavy atom. The van der Waals surface area contributed by atoms with Crippen molar-refractivity contribution in [3.8, 4) is 0 Å². The van der Waals surface area contributed by atoms with Crippen molar-refractivity contribution in [2.24, 2.45) is 0 Å². The van der Waals surface area contributed by atoms with E-state index in [1.54, 1.807) is 0 Å². The normalized spacial score (nSPS) is 12.7. The number of sulfonamides is 1. The van der Waals surface area contributed by atoms with E-state index >= 15 is 0 Å². The van der Waals surface area contributed by atoms with E-state index in [2.05, 4.69) is 4.98 Å². The van der Waals surface area contributed by atoms with Crippen molar-refractivity contribution in [3.63, 3.8) is 0 Å². The highest BCUT2D eigenvalue weighted by molar-refractivity contribution is 7.89.